The number of aliphatic hydroxyl groups excluding tert-OH is 2. The Hall–Kier alpha value is -1.30. The van der Waals surface area contributed by atoms with Gasteiger partial charge in [0.15, 0.2) is 0 Å². The quantitative estimate of drug-likeness (QED) is 0.614. The Morgan fingerprint density at radius 3 is 2.68 bits per heavy atom. The van der Waals surface area contributed by atoms with Gasteiger partial charge < -0.3 is 25.0 Å². The highest BCUT2D eigenvalue weighted by Crippen LogP contribution is 2.18. The first kappa shape index (κ1) is 15.8. The number of ether oxygens (including phenoxy) is 2. The maximum Gasteiger partial charge on any atom is 0.123 e. The van der Waals surface area contributed by atoms with Crippen molar-refractivity contribution in [3.05, 3.63) is 24.3 Å². The summed E-state index contributed by atoms with van der Waals surface area (Å²) in [7, 11) is 1.60. The molecule has 0 heterocycles. The topological polar surface area (TPSA) is 71.0 Å². The van der Waals surface area contributed by atoms with E-state index in [2.05, 4.69) is 5.32 Å². The van der Waals surface area contributed by atoms with Crippen LogP contribution in [0.2, 0.25) is 0 Å². The van der Waals surface area contributed by atoms with Crippen LogP contribution in [0.1, 0.15) is 6.92 Å². The Kier molecular flexibility index (Phi) is 7.25. The molecule has 3 N–H and O–H groups in total. The molecule has 19 heavy (non-hydrogen) atoms. The molecule has 0 fully saturated rings. The number of methoxy groups -OCH3 is 1. The molecule has 0 aliphatic carbocycles. The van der Waals surface area contributed by atoms with Gasteiger partial charge in [-0.05, 0) is 24.6 Å². The van der Waals surface area contributed by atoms with Crippen molar-refractivity contribution in [2.24, 2.45) is 5.92 Å². The highest BCUT2D eigenvalue weighted by Gasteiger charge is 2.06. The molecule has 1 rings (SSSR count). The zero-order valence-electron chi connectivity index (χ0n) is 11.5. The molecule has 0 radical (unpaired) electrons. The van der Waals surface area contributed by atoms with Crippen molar-refractivity contribution in [2.45, 2.75) is 13.0 Å². The molecule has 0 aliphatic heterocycles. The van der Waals surface area contributed by atoms with Crippen molar-refractivity contribution in [3.63, 3.8) is 0 Å². The van der Waals surface area contributed by atoms with E-state index in [1.54, 1.807) is 13.2 Å². The molecule has 0 spiro atoms. The summed E-state index contributed by atoms with van der Waals surface area (Å²) in [5, 5.41) is 21.7. The van der Waals surface area contributed by atoms with Gasteiger partial charge in [-0.2, -0.15) is 0 Å². The van der Waals surface area contributed by atoms with Gasteiger partial charge in [-0.15, -0.1) is 0 Å². The van der Waals surface area contributed by atoms with Crippen LogP contribution in [0.5, 0.6) is 11.5 Å². The van der Waals surface area contributed by atoms with E-state index in [9.17, 15) is 5.11 Å². The van der Waals surface area contributed by atoms with E-state index in [-0.39, 0.29) is 19.1 Å². The van der Waals surface area contributed by atoms with E-state index >= 15 is 0 Å². The standard InChI is InChI=1S/C14H23NO4/c1-11(9-16)7-15-8-12(17)10-19-14-5-3-4-13(6-14)18-2/h3-6,11-12,15-17H,7-10H2,1-2H3. The smallest absolute Gasteiger partial charge is 0.123 e. The number of aliphatic hydroxyl groups is 2. The minimum absolute atomic E-state index is 0.142. The van der Waals surface area contributed by atoms with Crippen LogP contribution >= 0.6 is 0 Å². The SMILES string of the molecule is COc1cccc(OCC(O)CNCC(C)CO)c1. The summed E-state index contributed by atoms with van der Waals surface area (Å²) in [5.74, 6) is 1.58. The average molecular weight is 269 g/mol. The van der Waals surface area contributed by atoms with Crippen LogP contribution in [0, 0.1) is 5.92 Å². The largest absolute Gasteiger partial charge is 0.497 e. The number of benzene rings is 1. The molecule has 1 aromatic rings. The molecule has 0 aliphatic rings. The molecule has 0 aromatic heterocycles. The minimum atomic E-state index is -0.586. The third kappa shape index (κ3) is 6.42. The van der Waals surface area contributed by atoms with Crippen molar-refractivity contribution in [1.82, 2.24) is 5.32 Å². The van der Waals surface area contributed by atoms with E-state index in [4.69, 9.17) is 14.6 Å². The van der Waals surface area contributed by atoms with Crippen LogP contribution < -0.4 is 14.8 Å². The summed E-state index contributed by atoms with van der Waals surface area (Å²) in [6, 6.07) is 7.26. The lowest BCUT2D eigenvalue weighted by molar-refractivity contribution is 0.104. The molecule has 5 heteroatoms. The van der Waals surface area contributed by atoms with Gasteiger partial charge >= 0.3 is 0 Å². The van der Waals surface area contributed by atoms with E-state index in [0.717, 1.165) is 5.75 Å². The summed E-state index contributed by atoms with van der Waals surface area (Å²) < 4.78 is 10.6. The Labute approximate surface area is 114 Å². The molecule has 2 unspecified atom stereocenters. The molecule has 0 saturated heterocycles. The fourth-order valence-corrected chi connectivity index (χ4v) is 1.50. The summed E-state index contributed by atoms with van der Waals surface area (Å²) in [6.07, 6.45) is -0.586. The third-order valence-electron chi connectivity index (χ3n) is 2.67. The summed E-state index contributed by atoms with van der Waals surface area (Å²) >= 11 is 0. The highest BCUT2D eigenvalue weighted by molar-refractivity contribution is 5.32. The Bertz CT molecular complexity index is 359. The van der Waals surface area contributed by atoms with E-state index in [1.165, 1.54) is 0 Å². The summed E-state index contributed by atoms with van der Waals surface area (Å²) in [6.45, 7) is 3.41. The lowest BCUT2D eigenvalue weighted by atomic mass is 10.2. The maximum atomic E-state index is 9.74. The first-order valence-electron chi connectivity index (χ1n) is 6.42. The predicted molar refractivity (Wildman–Crippen MR) is 73.6 cm³/mol. The molecular weight excluding hydrogens is 246 g/mol. The first-order chi connectivity index (χ1) is 9.15. The fraction of sp³-hybridized carbons (Fsp3) is 0.571. The molecule has 0 amide bonds. The van der Waals surface area contributed by atoms with Crippen LogP contribution in [-0.2, 0) is 0 Å². The second-order valence-electron chi connectivity index (χ2n) is 4.59. The fourth-order valence-electron chi connectivity index (χ4n) is 1.50. The molecule has 108 valence electrons. The number of hydrogen-bond acceptors (Lipinski definition) is 5. The van der Waals surface area contributed by atoms with Crippen LogP contribution in [0.15, 0.2) is 24.3 Å². The van der Waals surface area contributed by atoms with Gasteiger partial charge in [0, 0.05) is 19.2 Å². The van der Waals surface area contributed by atoms with Crippen LogP contribution in [0.25, 0.3) is 0 Å². The second kappa shape index (κ2) is 8.74. The number of rotatable bonds is 9. The van der Waals surface area contributed by atoms with Crippen molar-refractivity contribution in [3.8, 4) is 11.5 Å². The zero-order chi connectivity index (χ0) is 14.1. The lowest BCUT2D eigenvalue weighted by Crippen LogP contribution is -2.34. The molecule has 0 bridgehead atoms. The lowest BCUT2D eigenvalue weighted by Gasteiger charge is -2.15. The Morgan fingerprint density at radius 2 is 2.00 bits per heavy atom. The summed E-state index contributed by atoms with van der Waals surface area (Å²) in [5.41, 5.74) is 0. The van der Waals surface area contributed by atoms with Gasteiger partial charge in [0.1, 0.15) is 24.2 Å². The van der Waals surface area contributed by atoms with Gasteiger partial charge in [-0.1, -0.05) is 13.0 Å². The molecule has 2 atom stereocenters. The third-order valence-corrected chi connectivity index (χ3v) is 2.67. The average Bonchev–Trinajstić information content (AvgIpc) is 2.45. The van der Waals surface area contributed by atoms with Crippen molar-refractivity contribution in [2.75, 3.05) is 33.4 Å². The highest BCUT2D eigenvalue weighted by atomic mass is 16.5. The van der Waals surface area contributed by atoms with Gasteiger partial charge in [-0.3, -0.25) is 0 Å². The van der Waals surface area contributed by atoms with Gasteiger partial charge in [0.25, 0.3) is 0 Å². The number of nitrogens with one attached hydrogen (secondary N) is 1. The van der Waals surface area contributed by atoms with E-state index in [1.807, 2.05) is 25.1 Å². The Balaban J connectivity index is 2.23. The Morgan fingerprint density at radius 1 is 1.26 bits per heavy atom. The van der Waals surface area contributed by atoms with E-state index < -0.39 is 6.10 Å². The maximum absolute atomic E-state index is 9.74. The van der Waals surface area contributed by atoms with Crippen LogP contribution in [0.3, 0.4) is 0 Å². The van der Waals surface area contributed by atoms with Crippen LogP contribution in [0.4, 0.5) is 0 Å². The summed E-state index contributed by atoms with van der Waals surface area (Å²) in [4.78, 5) is 0. The second-order valence-corrected chi connectivity index (χ2v) is 4.59. The monoisotopic (exact) mass is 269 g/mol. The van der Waals surface area contributed by atoms with Gasteiger partial charge in [0.05, 0.1) is 7.11 Å². The van der Waals surface area contributed by atoms with Crippen molar-refractivity contribution >= 4 is 0 Å². The van der Waals surface area contributed by atoms with E-state index in [0.29, 0.717) is 18.8 Å². The van der Waals surface area contributed by atoms with Gasteiger partial charge in [-0.25, -0.2) is 0 Å². The number of hydrogen-bond donors (Lipinski definition) is 3. The molecule has 0 saturated carbocycles. The molecular formula is C14H23NO4. The molecule has 5 nitrogen and oxygen atoms in total. The minimum Gasteiger partial charge on any atom is -0.497 e. The van der Waals surface area contributed by atoms with Crippen molar-refractivity contribution in [1.29, 1.82) is 0 Å². The zero-order valence-corrected chi connectivity index (χ0v) is 11.5. The van der Waals surface area contributed by atoms with Crippen molar-refractivity contribution < 1.29 is 19.7 Å². The normalized spacial score (nSPS) is 13.9. The first-order valence-corrected chi connectivity index (χ1v) is 6.42. The molecule has 1 aromatic carbocycles. The predicted octanol–water partition coefficient (Wildman–Crippen LogP) is 0.653. The van der Waals surface area contributed by atoms with Crippen LogP contribution in [-0.4, -0.2) is 49.7 Å². The van der Waals surface area contributed by atoms with Gasteiger partial charge in [0.2, 0.25) is 0 Å².